The third-order valence-electron chi connectivity index (χ3n) is 6.11. The van der Waals surface area contributed by atoms with Gasteiger partial charge in [0, 0.05) is 16.5 Å². The van der Waals surface area contributed by atoms with E-state index in [9.17, 15) is 0 Å². The SMILES string of the molecule is C=CCc1ccc2c(c1)[C@@]1(CC=C)C=Cc3c(oc4ccc(CC=C)cc34)[C@H]1O2. The molecular formula is C27H24O2. The molecule has 2 heteroatoms. The second-order valence-electron chi connectivity index (χ2n) is 7.89. The number of furan rings is 1. The first-order valence-corrected chi connectivity index (χ1v) is 10.1. The van der Waals surface area contributed by atoms with E-state index in [1.165, 1.54) is 16.7 Å². The number of fused-ring (bicyclic) bond motifs is 7. The van der Waals surface area contributed by atoms with Gasteiger partial charge in [0.05, 0.1) is 5.41 Å². The lowest BCUT2D eigenvalue weighted by molar-refractivity contribution is 0.147. The molecule has 2 nitrogen and oxygen atoms in total. The molecule has 1 aliphatic heterocycles. The van der Waals surface area contributed by atoms with E-state index < -0.39 is 0 Å². The monoisotopic (exact) mass is 380 g/mol. The van der Waals surface area contributed by atoms with Crippen LogP contribution < -0.4 is 4.74 Å². The maximum absolute atomic E-state index is 6.50. The summed E-state index contributed by atoms with van der Waals surface area (Å²) >= 11 is 0. The first-order chi connectivity index (χ1) is 14.2. The quantitative estimate of drug-likeness (QED) is 0.436. The average Bonchev–Trinajstić information content (AvgIpc) is 3.24. The number of ether oxygens (including phenoxy) is 1. The molecule has 0 unspecified atom stereocenters. The summed E-state index contributed by atoms with van der Waals surface area (Å²) in [7, 11) is 0. The molecule has 0 fully saturated rings. The summed E-state index contributed by atoms with van der Waals surface area (Å²) < 4.78 is 12.9. The van der Waals surface area contributed by atoms with E-state index >= 15 is 0 Å². The van der Waals surface area contributed by atoms with Crippen LogP contribution in [0, 0.1) is 0 Å². The first kappa shape index (κ1) is 17.8. The van der Waals surface area contributed by atoms with Crippen molar-refractivity contribution in [1.29, 1.82) is 0 Å². The molecule has 0 spiro atoms. The van der Waals surface area contributed by atoms with E-state index in [-0.39, 0.29) is 11.5 Å². The van der Waals surface area contributed by atoms with E-state index in [0.717, 1.165) is 47.3 Å². The molecule has 0 bridgehead atoms. The third kappa shape index (κ3) is 2.56. The van der Waals surface area contributed by atoms with Gasteiger partial charge in [0.2, 0.25) is 0 Å². The molecule has 0 N–H and O–H groups in total. The summed E-state index contributed by atoms with van der Waals surface area (Å²) in [5, 5.41) is 1.13. The zero-order valence-corrected chi connectivity index (χ0v) is 16.5. The number of benzene rings is 2. The second-order valence-corrected chi connectivity index (χ2v) is 7.89. The Morgan fingerprint density at radius 3 is 2.45 bits per heavy atom. The van der Waals surface area contributed by atoms with Crippen molar-refractivity contribution in [2.75, 3.05) is 0 Å². The van der Waals surface area contributed by atoms with Crippen molar-refractivity contribution in [3.8, 4) is 5.75 Å². The van der Waals surface area contributed by atoms with E-state index in [1.54, 1.807) is 0 Å². The lowest BCUT2D eigenvalue weighted by Gasteiger charge is -2.32. The van der Waals surface area contributed by atoms with Crippen molar-refractivity contribution < 1.29 is 9.15 Å². The Bertz CT molecular complexity index is 1180. The van der Waals surface area contributed by atoms with Crippen molar-refractivity contribution in [1.82, 2.24) is 0 Å². The van der Waals surface area contributed by atoms with Gasteiger partial charge in [-0.1, -0.05) is 48.6 Å². The van der Waals surface area contributed by atoms with Crippen LogP contribution in [-0.2, 0) is 18.3 Å². The van der Waals surface area contributed by atoms with Crippen molar-refractivity contribution in [2.24, 2.45) is 0 Å². The maximum atomic E-state index is 6.50. The Kier molecular flexibility index (Phi) is 4.09. The zero-order chi connectivity index (χ0) is 20.0. The van der Waals surface area contributed by atoms with Crippen LogP contribution >= 0.6 is 0 Å². The number of rotatable bonds is 6. The molecule has 2 heterocycles. The fraction of sp³-hybridized carbons (Fsp3) is 0.185. The molecule has 1 aromatic heterocycles. The molecule has 0 amide bonds. The van der Waals surface area contributed by atoms with Crippen molar-refractivity contribution in [3.05, 3.63) is 108 Å². The predicted octanol–water partition coefficient (Wildman–Crippen LogP) is 6.86. The van der Waals surface area contributed by atoms with Gasteiger partial charge in [-0.05, 0) is 48.6 Å². The van der Waals surface area contributed by atoms with Crippen LogP contribution in [0.1, 0.15) is 40.5 Å². The van der Waals surface area contributed by atoms with Crippen LogP contribution in [0.3, 0.4) is 0 Å². The molecule has 1 aliphatic carbocycles. The molecular weight excluding hydrogens is 356 g/mol. The minimum atomic E-state index is -0.293. The van der Waals surface area contributed by atoms with Crippen LogP contribution in [-0.4, -0.2) is 0 Å². The minimum Gasteiger partial charge on any atom is -0.481 e. The molecule has 2 aromatic carbocycles. The highest BCUT2D eigenvalue weighted by Crippen LogP contribution is 2.57. The molecule has 3 aromatic rings. The average molecular weight is 380 g/mol. The number of hydrogen-bond donors (Lipinski definition) is 0. The van der Waals surface area contributed by atoms with Gasteiger partial charge in [-0.25, -0.2) is 0 Å². The largest absolute Gasteiger partial charge is 0.481 e. The van der Waals surface area contributed by atoms with Gasteiger partial charge in [-0.15, -0.1) is 19.7 Å². The third-order valence-corrected chi connectivity index (χ3v) is 6.11. The van der Waals surface area contributed by atoms with E-state index in [1.807, 2.05) is 18.2 Å². The molecule has 0 saturated carbocycles. The predicted molar refractivity (Wildman–Crippen MR) is 119 cm³/mol. The van der Waals surface area contributed by atoms with Crippen LogP contribution in [0.2, 0.25) is 0 Å². The summed E-state index contributed by atoms with van der Waals surface area (Å²) in [4.78, 5) is 0. The second kappa shape index (κ2) is 6.66. The molecule has 29 heavy (non-hydrogen) atoms. The maximum Gasteiger partial charge on any atom is 0.170 e. The van der Waals surface area contributed by atoms with Crippen molar-refractivity contribution >= 4 is 17.0 Å². The topological polar surface area (TPSA) is 22.4 Å². The molecule has 5 rings (SSSR count). The van der Waals surface area contributed by atoms with Crippen LogP contribution in [0.25, 0.3) is 17.0 Å². The normalized spacial score (nSPS) is 21.2. The van der Waals surface area contributed by atoms with Gasteiger partial charge in [0.1, 0.15) is 11.3 Å². The fourth-order valence-corrected chi connectivity index (χ4v) is 4.77. The van der Waals surface area contributed by atoms with E-state index in [2.05, 4.69) is 68.3 Å². The van der Waals surface area contributed by atoms with E-state index in [0.29, 0.717) is 0 Å². The molecule has 0 saturated heterocycles. The Balaban J connectivity index is 1.68. The van der Waals surface area contributed by atoms with Crippen molar-refractivity contribution in [3.63, 3.8) is 0 Å². The van der Waals surface area contributed by atoms with Gasteiger partial charge in [0.25, 0.3) is 0 Å². The number of allylic oxidation sites excluding steroid dienone is 3. The van der Waals surface area contributed by atoms with Gasteiger partial charge >= 0.3 is 0 Å². The molecule has 0 radical (unpaired) electrons. The summed E-state index contributed by atoms with van der Waals surface area (Å²) in [5.74, 6) is 1.83. The highest BCUT2D eigenvalue weighted by Gasteiger charge is 2.51. The van der Waals surface area contributed by atoms with E-state index in [4.69, 9.17) is 9.15 Å². The fourth-order valence-electron chi connectivity index (χ4n) is 4.77. The number of hydrogen-bond acceptors (Lipinski definition) is 2. The smallest absolute Gasteiger partial charge is 0.170 e. The highest BCUT2D eigenvalue weighted by atomic mass is 16.5. The summed E-state index contributed by atoms with van der Waals surface area (Å²) in [6.07, 6.45) is 12.6. The lowest BCUT2D eigenvalue weighted by atomic mass is 9.70. The highest BCUT2D eigenvalue weighted by molar-refractivity contribution is 5.90. The van der Waals surface area contributed by atoms with Gasteiger partial charge in [-0.2, -0.15) is 0 Å². The molecule has 144 valence electrons. The van der Waals surface area contributed by atoms with Crippen LogP contribution in [0.4, 0.5) is 0 Å². The zero-order valence-electron chi connectivity index (χ0n) is 16.5. The van der Waals surface area contributed by atoms with Gasteiger partial charge in [-0.3, -0.25) is 0 Å². The minimum absolute atomic E-state index is 0.190. The van der Waals surface area contributed by atoms with Crippen LogP contribution in [0.15, 0.2) is 84.9 Å². The summed E-state index contributed by atoms with van der Waals surface area (Å²) in [6.45, 7) is 11.8. The lowest BCUT2D eigenvalue weighted by Crippen LogP contribution is -2.31. The Morgan fingerprint density at radius 2 is 1.69 bits per heavy atom. The standard InChI is InChI=1S/C27H24O2/c1-4-7-18-9-11-23-21(16-18)20-13-15-27(14-6-3)22-17-19(8-5-2)10-12-24(22)29-26(27)25(20)28-23/h4-6,9-13,15-17,26H,1-3,7-8,14H2/t26-,27-/m1/s1. The van der Waals surface area contributed by atoms with Crippen molar-refractivity contribution in [2.45, 2.75) is 30.8 Å². The Morgan fingerprint density at radius 1 is 0.931 bits per heavy atom. The summed E-state index contributed by atoms with van der Waals surface area (Å²) in [5.41, 5.74) is 5.40. The van der Waals surface area contributed by atoms with Gasteiger partial charge in [0.15, 0.2) is 11.9 Å². The Hall–Kier alpha value is -3.26. The van der Waals surface area contributed by atoms with Gasteiger partial charge < -0.3 is 9.15 Å². The first-order valence-electron chi connectivity index (χ1n) is 10.1. The molecule has 2 aliphatic rings. The Labute approximate surface area is 171 Å². The summed E-state index contributed by atoms with van der Waals surface area (Å²) in [6, 6.07) is 12.8. The molecule has 2 atom stereocenters. The van der Waals surface area contributed by atoms with Crippen LogP contribution in [0.5, 0.6) is 5.75 Å².